The Kier molecular flexibility index (Phi) is 8.05. The minimum atomic E-state index is 0.490. The maximum Gasteiger partial charge on any atom is 0.240 e. The first kappa shape index (κ1) is 22.3. The summed E-state index contributed by atoms with van der Waals surface area (Å²) >= 11 is 0. The first-order valence-electron chi connectivity index (χ1n) is 11.1. The van der Waals surface area contributed by atoms with Gasteiger partial charge in [0.15, 0.2) is 0 Å². The highest BCUT2D eigenvalue weighted by Gasteiger charge is 2.03. The maximum atomic E-state index is 5.71. The number of hydrogen-bond acceptors (Lipinski definition) is 5. The minimum Gasteiger partial charge on any atom is -0.417 e. The van der Waals surface area contributed by atoms with Crippen LogP contribution in [0.25, 0.3) is 24.3 Å². The molecule has 1 heterocycles. The van der Waals surface area contributed by atoms with Gasteiger partial charge in [0, 0.05) is 49.7 Å². The van der Waals surface area contributed by atoms with Crippen LogP contribution in [0.3, 0.4) is 0 Å². The van der Waals surface area contributed by atoms with Gasteiger partial charge in [-0.2, -0.15) is 0 Å². The van der Waals surface area contributed by atoms with E-state index in [1.54, 1.807) is 0 Å². The van der Waals surface area contributed by atoms with Gasteiger partial charge in [0.25, 0.3) is 0 Å². The van der Waals surface area contributed by atoms with E-state index in [4.69, 9.17) is 4.42 Å². The molecule has 3 rings (SSSR count). The van der Waals surface area contributed by atoms with Crippen LogP contribution in [0.4, 0.5) is 11.4 Å². The van der Waals surface area contributed by atoms with Crippen molar-refractivity contribution in [3.8, 4) is 0 Å². The molecule has 31 heavy (non-hydrogen) atoms. The fourth-order valence-corrected chi connectivity index (χ4v) is 3.49. The zero-order chi connectivity index (χ0) is 22.1. The summed E-state index contributed by atoms with van der Waals surface area (Å²) in [5.41, 5.74) is 4.66. The number of rotatable bonds is 10. The van der Waals surface area contributed by atoms with Crippen molar-refractivity contribution in [2.24, 2.45) is 0 Å². The van der Waals surface area contributed by atoms with E-state index < -0.39 is 0 Å². The smallest absolute Gasteiger partial charge is 0.240 e. The Morgan fingerprint density at radius 3 is 1.26 bits per heavy atom. The molecule has 5 nitrogen and oxygen atoms in total. The second kappa shape index (κ2) is 11.2. The van der Waals surface area contributed by atoms with Gasteiger partial charge in [-0.1, -0.05) is 24.3 Å². The van der Waals surface area contributed by atoms with Crippen molar-refractivity contribution in [3.05, 3.63) is 71.4 Å². The second-order valence-electron chi connectivity index (χ2n) is 7.17. The van der Waals surface area contributed by atoms with Crippen molar-refractivity contribution in [1.29, 1.82) is 0 Å². The molecule has 0 radical (unpaired) electrons. The highest BCUT2D eigenvalue weighted by molar-refractivity contribution is 5.69. The molecule has 0 fully saturated rings. The number of anilines is 2. The average molecular weight is 417 g/mol. The van der Waals surface area contributed by atoms with Crippen LogP contribution >= 0.6 is 0 Å². The Hall–Kier alpha value is -3.34. The van der Waals surface area contributed by atoms with Gasteiger partial charge >= 0.3 is 0 Å². The molecule has 0 unspecified atom stereocenters. The number of nitrogens with zero attached hydrogens (tertiary/aromatic N) is 4. The summed E-state index contributed by atoms with van der Waals surface area (Å²) in [7, 11) is 0. The minimum absolute atomic E-state index is 0.490. The van der Waals surface area contributed by atoms with Gasteiger partial charge in [0.1, 0.15) is 0 Å². The van der Waals surface area contributed by atoms with Gasteiger partial charge in [0.2, 0.25) is 11.8 Å². The molecule has 1 aromatic heterocycles. The summed E-state index contributed by atoms with van der Waals surface area (Å²) in [6.07, 6.45) is 7.66. The van der Waals surface area contributed by atoms with Crippen molar-refractivity contribution in [3.63, 3.8) is 0 Å². The van der Waals surface area contributed by atoms with Crippen LogP contribution in [0.5, 0.6) is 0 Å². The first-order valence-corrected chi connectivity index (χ1v) is 11.1. The van der Waals surface area contributed by atoms with Crippen molar-refractivity contribution in [2.75, 3.05) is 36.0 Å². The van der Waals surface area contributed by atoms with Gasteiger partial charge in [0.05, 0.1) is 0 Å². The Bertz CT molecular complexity index is 899. The fourth-order valence-electron chi connectivity index (χ4n) is 3.49. The molecule has 0 amide bonds. The summed E-state index contributed by atoms with van der Waals surface area (Å²) in [6, 6.07) is 17.0. The number of hydrogen-bond donors (Lipinski definition) is 0. The second-order valence-corrected chi connectivity index (χ2v) is 7.17. The summed E-state index contributed by atoms with van der Waals surface area (Å²) in [5.74, 6) is 0.980. The lowest BCUT2D eigenvalue weighted by Gasteiger charge is -2.20. The monoisotopic (exact) mass is 416 g/mol. The third-order valence-corrected chi connectivity index (χ3v) is 5.34. The molecule has 162 valence electrons. The molecule has 0 aliphatic heterocycles. The zero-order valence-electron chi connectivity index (χ0n) is 19.0. The lowest BCUT2D eigenvalue weighted by atomic mass is 10.2. The highest BCUT2D eigenvalue weighted by atomic mass is 16.4. The third-order valence-electron chi connectivity index (χ3n) is 5.34. The van der Waals surface area contributed by atoms with Crippen LogP contribution in [0.1, 0.15) is 50.6 Å². The Labute approximate surface area is 185 Å². The molecular formula is C26H32N4O. The van der Waals surface area contributed by atoms with Crippen molar-refractivity contribution >= 4 is 35.7 Å². The molecule has 2 aromatic carbocycles. The summed E-state index contributed by atoms with van der Waals surface area (Å²) < 4.78 is 5.71. The molecule has 0 spiro atoms. The van der Waals surface area contributed by atoms with Crippen molar-refractivity contribution < 1.29 is 4.42 Å². The van der Waals surface area contributed by atoms with Gasteiger partial charge in [-0.25, -0.2) is 0 Å². The average Bonchev–Trinajstić information content (AvgIpc) is 3.27. The molecule has 0 bridgehead atoms. The lowest BCUT2D eigenvalue weighted by Crippen LogP contribution is -2.21. The van der Waals surface area contributed by atoms with Crippen molar-refractivity contribution in [1.82, 2.24) is 10.2 Å². The summed E-state index contributed by atoms with van der Waals surface area (Å²) in [6.45, 7) is 12.7. The molecule has 0 saturated carbocycles. The SMILES string of the molecule is CCN(CC)c1ccc(/C=C/c2nnc(/C=C/c3ccc(N(CC)CC)cc3)o2)cc1. The maximum absolute atomic E-state index is 5.71. The van der Waals surface area contributed by atoms with E-state index >= 15 is 0 Å². The normalized spacial score (nSPS) is 11.5. The van der Waals surface area contributed by atoms with E-state index in [2.05, 4.69) is 96.2 Å². The van der Waals surface area contributed by atoms with Crippen LogP contribution in [0.2, 0.25) is 0 Å². The Balaban J connectivity index is 1.61. The van der Waals surface area contributed by atoms with E-state index in [-0.39, 0.29) is 0 Å². The van der Waals surface area contributed by atoms with E-state index in [1.807, 2.05) is 24.3 Å². The van der Waals surface area contributed by atoms with E-state index in [9.17, 15) is 0 Å². The topological polar surface area (TPSA) is 45.4 Å². The molecule has 0 N–H and O–H groups in total. The summed E-state index contributed by atoms with van der Waals surface area (Å²) in [5, 5.41) is 8.21. The third kappa shape index (κ3) is 6.07. The van der Waals surface area contributed by atoms with Crippen LogP contribution < -0.4 is 9.80 Å². The summed E-state index contributed by atoms with van der Waals surface area (Å²) in [4.78, 5) is 4.64. The van der Waals surface area contributed by atoms with Crippen molar-refractivity contribution in [2.45, 2.75) is 27.7 Å². The van der Waals surface area contributed by atoms with Gasteiger partial charge in [-0.3, -0.25) is 0 Å². The largest absolute Gasteiger partial charge is 0.417 e. The van der Waals surface area contributed by atoms with Gasteiger partial charge in [-0.05, 0) is 75.2 Å². The van der Waals surface area contributed by atoms with E-state index in [1.165, 1.54) is 11.4 Å². The van der Waals surface area contributed by atoms with Gasteiger partial charge < -0.3 is 14.2 Å². The molecule has 3 aromatic rings. The lowest BCUT2D eigenvalue weighted by molar-refractivity contribution is 0.533. The standard InChI is InChI=1S/C26H32N4O/c1-5-29(6-2)23-15-9-21(10-16-23)13-19-25-27-28-26(31-25)20-14-22-11-17-24(18-12-22)30(7-3)8-4/h9-20H,5-8H2,1-4H3/b19-13+,20-14+. The van der Waals surface area contributed by atoms with E-state index in [0.717, 1.165) is 37.3 Å². The molecular weight excluding hydrogens is 384 g/mol. The quantitative estimate of drug-likeness (QED) is 0.399. The van der Waals surface area contributed by atoms with Gasteiger partial charge in [-0.15, -0.1) is 10.2 Å². The Morgan fingerprint density at radius 2 is 0.935 bits per heavy atom. The van der Waals surface area contributed by atoms with Crippen LogP contribution in [-0.4, -0.2) is 36.4 Å². The van der Waals surface area contributed by atoms with Crippen LogP contribution in [-0.2, 0) is 0 Å². The van der Waals surface area contributed by atoms with E-state index in [0.29, 0.717) is 11.8 Å². The molecule has 5 heteroatoms. The molecule has 0 aliphatic rings. The van der Waals surface area contributed by atoms with Crippen LogP contribution in [0, 0.1) is 0 Å². The highest BCUT2D eigenvalue weighted by Crippen LogP contribution is 2.18. The molecule has 0 atom stereocenters. The molecule has 0 saturated heterocycles. The molecule has 0 aliphatic carbocycles. The zero-order valence-corrected chi connectivity index (χ0v) is 19.0. The first-order chi connectivity index (χ1) is 15.2. The predicted octanol–water partition coefficient (Wildman–Crippen LogP) is 6.10. The predicted molar refractivity (Wildman–Crippen MR) is 132 cm³/mol. The van der Waals surface area contributed by atoms with Crippen LogP contribution in [0.15, 0.2) is 52.9 Å². The number of benzene rings is 2. The fraction of sp³-hybridized carbons (Fsp3) is 0.308. The number of aromatic nitrogens is 2. The Morgan fingerprint density at radius 1 is 0.581 bits per heavy atom.